The van der Waals surface area contributed by atoms with Gasteiger partial charge in [-0.2, -0.15) is 9.40 Å². The lowest BCUT2D eigenvalue weighted by molar-refractivity contribution is 0.0320. The summed E-state index contributed by atoms with van der Waals surface area (Å²) in [5.74, 6) is 0.429. The summed E-state index contributed by atoms with van der Waals surface area (Å²) in [4.78, 5) is 2.85. The van der Waals surface area contributed by atoms with Crippen molar-refractivity contribution in [2.45, 2.75) is 42.7 Å². The number of rotatable bonds is 3. The van der Waals surface area contributed by atoms with Crippen LogP contribution in [0.5, 0.6) is 0 Å². The fraction of sp³-hybridized carbons (Fsp3) is 0.812. The van der Waals surface area contributed by atoms with Gasteiger partial charge in [0.05, 0.1) is 6.20 Å². The van der Waals surface area contributed by atoms with Gasteiger partial charge in [0.2, 0.25) is 10.0 Å². The van der Waals surface area contributed by atoms with Crippen molar-refractivity contribution in [3.63, 3.8) is 0 Å². The quantitative estimate of drug-likeness (QED) is 0.799. The molecular formula is C16H26N4O3S. The van der Waals surface area contributed by atoms with Crippen LogP contribution in [-0.4, -0.2) is 72.3 Å². The lowest BCUT2D eigenvalue weighted by Crippen LogP contribution is -2.48. The average molecular weight is 354 g/mol. The fourth-order valence-electron chi connectivity index (χ4n) is 4.39. The van der Waals surface area contributed by atoms with E-state index in [4.69, 9.17) is 4.74 Å². The van der Waals surface area contributed by atoms with Crippen molar-refractivity contribution >= 4 is 10.0 Å². The lowest BCUT2D eigenvalue weighted by Gasteiger charge is -2.36. The van der Waals surface area contributed by atoms with E-state index in [1.807, 2.05) is 0 Å². The lowest BCUT2D eigenvalue weighted by atomic mass is 9.97. The summed E-state index contributed by atoms with van der Waals surface area (Å²) in [5, 5.41) is 4.04. The van der Waals surface area contributed by atoms with Gasteiger partial charge in [0.1, 0.15) is 4.90 Å². The molecule has 4 fully saturated rings. The predicted octanol–water partition coefficient (Wildman–Crippen LogP) is 0.684. The fourth-order valence-corrected chi connectivity index (χ4v) is 6.09. The van der Waals surface area contributed by atoms with E-state index < -0.39 is 10.0 Å². The second kappa shape index (κ2) is 6.40. The molecule has 134 valence electrons. The highest BCUT2D eigenvalue weighted by atomic mass is 32.2. The van der Waals surface area contributed by atoms with E-state index in [0.717, 1.165) is 52.0 Å². The minimum absolute atomic E-state index is 0.0804. The zero-order valence-corrected chi connectivity index (χ0v) is 15.0. The molecule has 4 saturated heterocycles. The van der Waals surface area contributed by atoms with Crippen molar-refractivity contribution in [3.05, 3.63) is 12.4 Å². The summed E-state index contributed by atoms with van der Waals surface area (Å²) in [6, 6.07) is 0.625. The van der Waals surface area contributed by atoms with Crippen LogP contribution in [0, 0.1) is 5.92 Å². The van der Waals surface area contributed by atoms with Crippen molar-refractivity contribution in [1.29, 1.82) is 0 Å². The number of nitrogens with zero attached hydrogens (tertiary/aromatic N) is 4. The second-order valence-corrected chi connectivity index (χ2v) is 9.21. The number of hydrogen-bond donors (Lipinski definition) is 0. The minimum atomic E-state index is -3.45. The van der Waals surface area contributed by atoms with Crippen LogP contribution < -0.4 is 0 Å². The highest BCUT2D eigenvalue weighted by molar-refractivity contribution is 7.89. The van der Waals surface area contributed by atoms with E-state index in [-0.39, 0.29) is 6.04 Å². The Labute approximate surface area is 143 Å². The molecule has 0 radical (unpaired) electrons. The maximum Gasteiger partial charge on any atom is 0.246 e. The summed E-state index contributed by atoms with van der Waals surface area (Å²) in [6.45, 7) is 4.16. The monoisotopic (exact) mass is 354 g/mol. The van der Waals surface area contributed by atoms with Crippen LogP contribution in [0.15, 0.2) is 17.3 Å². The molecule has 4 aliphatic rings. The van der Waals surface area contributed by atoms with Gasteiger partial charge >= 0.3 is 0 Å². The third-order valence-electron chi connectivity index (χ3n) is 5.69. The number of aryl methyl sites for hydroxylation is 1. The molecule has 0 amide bonds. The van der Waals surface area contributed by atoms with Crippen LogP contribution in [0.2, 0.25) is 0 Å². The Hall–Kier alpha value is -0.960. The Bertz CT molecular complexity index is 683. The summed E-state index contributed by atoms with van der Waals surface area (Å²) in [7, 11) is -1.70. The van der Waals surface area contributed by atoms with Crippen molar-refractivity contribution in [1.82, 2.24) is 19.0 Å². The minimum Gasteiger partial charge on any atom is -0.381 e. The summed E-state index contributed by atoms with van der Waals surface area (Å²) in [5.41, 5.74) is 0. The van der Waals surface area contributed by atoms with Crippen LogP contribution in [-0.2, 0) is 21.8 Å². The first-order chi connectivity index (χ1) is 11.5. The molecule has 1 aromatic heterocycles. The van der Waals surface area contributed by atoms with Crippen molar-refractivity contribution < 1.29 is 13.2 Å². The van der Waals surface area contributed by atoms with E-state index in [9.17, 15) is 8.42 Å². The molecule has 5 rings (SSSR count). The third kappa shape index (κ3) is 3.00. The summed E-state index contributed by atoms with van der Waals surface area (Å²) >= 11 is 0. The van der Waals surface area contributed by atoms with Gasteiger partial charge in [-0.05, 0) is 31.6 Å². The van der Waals surface area contributed by atoms with E-state index in [1.165, 1.54) is 6.20 Å². The van der Waals surface area contributed by atoms with Crippen molar-refractivity contribution in [2.24, 2.45) is 13.0 Å². The largest absolute Gasteiger partial charge is 0.381 e. The molecular weight excluding hydrogens is 328 g/mol. The van der Waals surface area contributed by atoms with Crippen molar-refractivity contribution in [3.8, 4) is 0 Å². The van der Waals surface area contributed by atoms with Gasteiger partial charge in [-0.25, -0.2) is 8.42 Å². The van der Waals surface area contributed by atoms with Gasteiger partial charge in [-0.1, -0.05) is 0 Å². The van der Waals surface area contributed by atoms with Gasteiger partial charge < -0.3 is 4.74 Å². The molecule has 5 heterocycles. The molecule has 0 unspecified atom stereocenters. The molecule has 0 spiro atoms. The molecule has 0 N–H and O–H groups in total. The first kappa shape index (κ1) is 16.5. The SMILES string of the molecule is Cn1cc(S(=O)(=O)N2C[C@H]3CC[C@@H]2CN(C2CCOCC2)C3)cn1. The first-order valence-corrected chi connectivity index (χ1v) is 10.3. The molecule has 8 heteroatoms. The normalized spacial score (nSPS) is 30.5. The number of fused-ring (bicyclic) bond motifs is 4. The Morgan fingerprint density at radius 3 is 2.58 bits per heavy atom. The maximum atomic E-state index is 13.1. The molecule has 0 saturated carbocycles. The Morgan fingerprint density at radius 2 is 1.88 bits per heavy atom. The van der Waals surface area contributed by atoms with Crippen LogP contribution in [0.4, 0.5) is 0 Å². The molecule has 2 atom stereocenters. The Morgan fingerprint density at radius 1 is 1.08 bits per heavy atom. The molecule has 2 bridgehead atoms. The molecule has 1 aromatic rings. The van der Waals surface area contributed by atoms with Gasteiger partial charge in [-0.15, -0.1) is 0 Å². The summed E-state index contributed by atoms with van der Waals surface area (Å²) in [6.07, 6.45) is 7.28. The van der Waals surface area contributed by atoms with Gasteiger partial charge in [0.15, 0.2) is 0 Å². The van der Waals surface area contributed by atoms with Crippen LogP contribution in [0.3, 0.4) is 0 Å². The number of hydrogen-bond acceptors (Lipinski definition) is 5. The molecule has 0 aliphatic carbocycles. The van der Waals surface area contributed by atoms with Gasteiger partial charge in [0, 0.05) is 58.2 Å². The number of aromatic nitrogens is 2. The zero-order chi connectivity index (χ0) is 16.7. The highest BCUT2D eigenvalue weighted by Crippen LogP contribution is 2.34. The molecule has 0 aromatic carbocycles. The van der Waals surface area contributed by atoms with Gasteiger partial charge in [0.25, 0.3) is 0 Å². The highest BCUT2D eigenvalue weighted by Gasteiger charge is 2.42. The van der Waals surface area contributed by atoms with Crippen LogP contribution in [0.1, 0.15) is 25.7 Å². The number of piperidine rings is 1. The number of sulfonamides is 1. The predicted molar refractivity (Wildman–Crippen MR) is 89.0 cm³/mol. The van der Waals surface area contributed by atoms with E-state index >= 15 is 0 Å². The zero-order valence-electron chi connectivity index (χ0n) is 14.2. The van der Waals surface area contributed by atoms with Crippen LogP contribution >= 0.6 is 0 Å². The summed E-state index contributed by atoms with van der Waals surface area (Å²) < 4.78 is 34.9. The molecule has 4 aliphatic heterocycles. The maximum absolute atomic E-state index is 13.1. The topological polar surface area (TPSA) is 67.7 Å². The van der Waals surface area contributed by atoms with Crippen molar-refractivity contribution in [2.75, 3.05) is 32.8 Å². The molecule has 24 heavy (non-hydrogen) atoms. The first-order valence-electron chi connectivity index (χ1n) is 8.86. The van der Waals surface area contributed by atoms with E-state index in [1.54, 1.807) is 22.2 Å². The Kier molecular flexibility index (Phi) is 4.40. The second-order valence-electron chi connectivity index (χ2n) is 7.32. The number of ether oxygens (including phenoxy) is 1. The van der Waals surface area contributed by atoms with E-state index in [0.29, 0.717) is 23.4 Å². The van der Waals surface area contributed by atoms with E-state index in [2.05, 4.69) is 10.00 Å². The standard InChI is InChI=1S/C16H26N4O3S/c1-18-12-16(8-17-18)24(21,22)20-10-13-2-3-15(20)11-19(9-13)14-4-6-23-7-5-14/h8,12-15H,2-7,9-11H2,1H3/t13-,15+/m0/s1. The third-order valence-corrected chi connectivity index (χ3v) is 7.56. The molecule has 7 nitrogen and oxygen atoms in total. The van der Waals surface area contributed by atoms with Gasteiger partial charge in [-0.3, -0.25) is 9.58 Å². The Balaban J connectivity index is 1.56. The smallest absolute Gasteiger partial charge is 0.246 e. The average Bonchev–Trinajstić information content (AvgIpc) is 2.83. The van der Waals surface area contributed by atoms with Crippen LogP contribution in [0.25, 0.3) is 0 Å².